The molecule has 0 fully saturated rings. The molecule has 0 rings (SSSR count). The van der Waals surface area contributed by atoms with Crippen LogP contribution in [0.2, 0.25) is 0 Å². The molecule has 3 nitrogen and oxygen atoms in total. The first-order valence-electron chi connectivity index (χ1n) is 2.48. The molecule has 0 aromatic carbocycles. The fourth-order valence-corrected chi connectivity index (χ4v) is 0.853. The van der Waals surface area contributed by atoms with E-state index < -0.39 is 8.03 Å². The van der Waals surface area contributed by atoms with E-state index in [0.717, 1.165) is 0 Å². The van der Waals surface area contributed by atoms with E-state index in [9.17, 15) is 4.57 Å². The SMILES string of the molecule is CCC(N)[P+](=O)OC. The van der Waals surface area contributed by atoms with E-state index in [0.29, 0.717) is 6.42 Å². The van der Waals surface area contributed by atoms with E-state index in [2.05, 4.69) is 4.52 Å². The molecule has 2 N–H and O–H groups in total. The molecule has 2 atom stereocenters. The highest BCUT2D eigenvalue weighted by atomic mass is 31.1. The summed E-state index contributed by atoms with van der Waals surface area (Å²) in [6.07, 6.45) is 0.697. The van der Waals surface area contributed by atoms with Crippen molar-refractivity contribution in [2.45, 2.75) is 19.1 Å². The van der Waals surface area contributed by atoms with Gasteiger partial charge in [-0.15, -0.1) is 4.52 Å². The summed E-state index contributed by atoms with van der Waals surface area (Å²) in [5, 5.41) is 0. The summed E-state index contributed by atoms with van der Waals surface area (Å²) in [5.41, 5.74) is 5.32. The van der Waals surface area contributed by atoms with E-state index in [1.165, 1.54) is 7.11 Å². The molecular weight excluding hydrogens is 125 g/mol. The predicted octanol–water partition coefficient (Wildman–Crippen LogP) is 1.07. The lowest BCUT2D eigenvalue weighted by atomic mass is 10.5. The monoisotopic (exact) mass is 136 g/mol. The standard InChI is InChI=1S/C4H11NO2P/c1-3-4(5)8(6)7-2/h4H,3,5H2,1-2H3/q+1. The number of nitrogens with two attached hydrogens (primary N) is 1. The molecule has 48 valence electrons. The van der Waals surface area contributed by atoms with Crippen LogP contribution in [-0.4, -0.2) is 12.9 Å². The molecule has 0 amide bonds. The summed E-state index contributed by atoms with van der Waals surface area (Å²) in [5.74, 6) is -0.296. The van der Waals surface area contributed by atoms with Gasteiger partial charge in [-0.1, -0.05) is 6.92 Å². The van der Waals surface area contributed by atoms with Crippen molar-refractivity contribution >= 4 is 8.03 Å². The third kappa shape index (κ3) is 2.36. The Balaban J connectivity index is 3.46. The van der Waals surface area contributed by atoms with Gasteiger partial charge in [0.1, 0.15) is 0 Å². The Morgan fingerprint density at radius 1 is 1.88 bits per heavy atom. The zero-order chi connectivity index (χ0) is 6.57. The highest BCUT2D eigenvalue weighted by Crippen LogP contribution is 2.25. The van der Waals surface area contributed by atoms with Gasteiger partial charge in [-0.3, -0.25) is 5.73 Å². The average Bonchev–Trinajstić information content (AvgIpc) is 1.84. The van der Waals surface area contributed by atoms with Crippen LogP contribution in [-0.2, 0) is 9.09 Å². The first-order valence-corrected chi connectivity index (χ1v) is 3.73. The van der Waals surface area contributed by atoms with Crippen LogP contribution in [0, 0.1) is 0 Å². The lowest BCUT2D eigenvalue weighted by molar-refractivity contribution is 0.404. The molecule has 8 heavy (non-hydrogen) atoms. The average molecular weight is 136 g/mol. The number of hydrogen-bond acceptors (Lipinski definition) is 3. The Kier molecular flexibility index (Phi) is 3.97. The third-order valence-electron chi connectivity index (χ3n) is 0.869. The highest BCUT2D eigenvalue weighted by molar-refractivity contribution is 7.39. The first-order chi connectivity index (χ1) is 3.72. The molecular formula is C4H11NO2P+. The second kappa shape index (κ2) is 3.96. The van der Waals surface area contributed by atoms with Gasteiger partial charge < -0.3 is 0 Å². The summed E-state index contributed by atoms with van der Waals surface area (Å²) in [7, 11) is -0.215. The molecule has 0 heterocycles. The minimum atomic E-state index is -1.61. The minimum absolute atomic E-state index is 0.296. The van der Waals surface area contributed by atoms with Crippen LogP contribution >= 0.6 is 8.03 Å². The Labute approximate surface area is 50.1 Å². The summed E-state index contributed by atoms with van der Waals surface area (Å²) in [6, 6.07) is 0. The van der Waals surface area contributed by atoms with Gasteiger partial charge in [0.25, 0.3) is 0 Å². The largest absolute Gasteiger partial charge is 0.526 e. The summed E-state index contributed by atoms with van der Waals surface area (Å²) >= 11 is 0. The molecule has 0 aliphatic heterocycles. The second-order valence-electron chi connectivity index (χ2n) is 1.44. The van der Waals surface area contributed by atoms with Crippen LogP contribution in [0.1, 0.15) is 13.3 Å². The Morgan fingerprint density at radius 2 is 2.38 bits per heavy atom. The molecule has 0 spiro atoms. The maximum Gasteiger partial charge on any atom is 0.526 e. The van der Waals surface area contributed by atoms with Gasteiger partial charge in [-0.25, -0.2) is 0 Å². The predicted molar refractivity (Wildman–Crippen MR) is 32.9 cm³/mol. The van der Waals surface area contributed by atoms with E-state index in [1.807, 2.05) is 6.92 Å². The molecule has 0 aromatic heterocycles. The molecule has 0 aliphatic carbocycles. The van der Waals surface area contributed by atoms with Gasteiger partial charge in [-0.2, -0.15) is 0 Å². The van der Waals surface area contributed by atoms with E-state index in [4.69, 9.17) is 5.73 Å². The van der Waals surface area contributed by atoms with E-state index >= 15 is 0 Å². The molecule has 2 unspecified atom stereocenters. The van der Waals surface area contributed by atoms with Crippen molar-refractivity contribution in [2.24, 2.45) is 5.73 Å². The van der Waals surface area contributed by atoms with Gasteiger partial charge in [0.2, 0.25) is 5.78 Å². The van der Waals surface area contributed by atoms with Crippen LogP contribution in [0.3, 0.4) is 0 Å². The fourth-order valence-electron chi connectivity index (χ4n) is 0.284. The Morgan fingerprint density at radius 3 is 2.50 bits per heavy atom. The molecule has 0 saturated heterocycles. The maximum absolute atomic E-state index is 10.5. The lowest BCUT2D eigenvalue weighted by Gasteiger charge is -1.88. The molecule has 0 bridgehead atoms. The van der Waals surface area contributed by atoms with E-state index in [-0.39, 0.29) is 5.78 Å². The Bertz CT molecular complexity index is 86.1. The number of hydrogen-bond donors (Lipinski definition) is 1. The normalized spacial score (nSPS) is 15.6. The smallest absolute Gasteiger partial charge is 0.285 e. The summed E-state index contributed by atoms with van der Waals surface area (Å²) in [4.78, 5) is 0. The van der Waals surface area contributed by atoms with Crippen LogP contribution in [0.15, 0.2) is 0 Å². The van der Waals surface area contributed by atoms with Crippen molar-refractivity contribution in [1.29, 1.82) is 0 Å². The topological polar surface area (TPSA) is 52.3 Å². The second-order valence-corrected chi connectivity index (χ2v) is 3.04. The maximum atomic E-state index is 10.5. The summed E-state index contributed by atoms with van der Waals surface area (Å²) in [6.45, 7) is 1.87. The molecule has 0 saturated carbocycles. The third-order valence-corrected chi connectivity index (χ3v) is 2.14. The van der Waals surface area contributed by atoms with Crippen LogP contribution in [0.4, 0.5) is 0 Å². The minimum Gasteiger partial charge on any atom is -0.285 e. The van der Waals surface area contributed by atoms with Crippen molar-refractivity contribution in [3.8, 4) is 0 Å². The molecule has 0 aromatic rings. The number of rotatable bonds is 3. The van der Waals surface area contributed by atoms with Crippen molar-refractivity contribution in [3.05, 3.63) is 0 Å². The van der Waals surface area contributed by atoms with Crippen molar-refractivity contribution in [1.82, 2.24) is 0 Å². The van der Waals surface area contributed by atoms with Gasteiger partial charge in [-0.05, 0) is 4.57 Å². The van der Waals surface area contributed by atoms with Crippen LogP contribution < -0.4 is 5.73 Å². The summed E-state index contributed by atoms with van der Waals surface area (Å²) < 4.78 is 15.0. The van der Waals surface area contributed by atoms with Gasteiger partial charge in [0, 0.05) is 6.42 Å². The lowest BCUT2D eigenvalue weighted by Crippen LogP contribution is -2.13. The van der Waals surface area contributed by atoms with Gasteiger partial charge in [0.05, 0.1) is 7.11 Å². The fraction of sp³-hybridized carbons (Fsp3) is 1.00. The van der Waals surface area contributed by atoms with E-state index in [1.54, 1.807) is 0 Å². The van der Waals surface area contributed by atoms with Gasteiger partial charge in [0.15, 0.2) is 0 Å². The quantitative estimate of drug-likeness (QED) is 0.590. The van der Waals surface area contributed by atoms with Crippen LogP contribution in [0.25, 0.3) is 0 Å². The van der Waals surface area contributed by atoms with Gasteiger partial charge >= 0.3 is 8.03 Å². The van der Waals surface area contributed by atoms with Crippen molar-refractivity contribution < 1.29 is 9.09 Å². The molecule has 0 aliphatic rings. The zero-order valence-electron chi connectivity index (χ0n) is 5.13. The molecule has 0 radical (unpaired) electrons. The highest BCUT2D eigenvalue weighted by Gasteiger charge is 2.24. The molecule has 4 heteroatoms. The first kappa shape index (κ1) is 8.02. The zero-order valence-corrected chi connectivity index (χ0v) is 6.02. The van der Waals surface area contributed by atoms with Crippen molar-refractivity contribution in [2.75, 3.05) is 7.11 Å². The van der Waals surface area contributed by atoms with Crippen LogP contribution in [0.5, 0.6) is 0 Å². The van der Waals surface area contributed by atoms with Crippen molar-refractivity contribution in [3.63, 3.8) is 0 Å². The Hall–Kier alpha value is 0.0200.